The molecule has 0 aliphatic carbocycles. The number of nitro benzene ring substituents is 1. The van der Waals surface area contributed by atoms with Crippen LogP contribution in [0.4, 0.5) is 17.1 Å². The highest BCUT2D eigenvalue weighted by Gasteiger charge is 2.23. The minimum Gasteiger partial charge on any atom is -0.371 e. The first-order valence-corrected chi connectivity index (χ1v) is 9.31. The Morgan fingerprint density at radius 2 is 1.86 bits per heavy atom. The van der Waals surface area contributed by atoms with Crippen molar-refractivity contribution in [2.24, 2.45) is 5.92 Å². The maximum atomic E-state index is 13.0. The van der Waals surface area contributed by atoms with E-state index >= 15 is 0 Å². The molecule has 146 valence electrons. The van der Waals surface area contributed by atoms with Gasteiger partial charge in [-0.15, -0.1) is 0 Å². The summed E-state index contributed by atoms with van der Waals surface area (Å²) in [6.45, 7) is 5.26. The third-order valence-corrected chi connectivity index (χ3v) is 5.09. The number of nitrogens with zero attached hydrogens (tertiary/aromatic N) is 2. The van der Waals surface area contributed by atoms with E-state index in [0.29, 0.717) is 22.9 Å². The number of nitrogens with one attached hydrogen (secondary N) is 1. The molecule has 1 aliphatic heterocycles. The number of amides is 1. The van der Waals surface area contributed by atoms with Crippen LogP contribution in [0, 0.1) is 16.0 Å². The Labute approximate surface area is 163 Å². The molecule has 7 heteroatoms. The number of ketones is 1. The molecule has 2 aromatic rings. The number of piperidine rings is 1. The van der Waals surface area contributed by atoms with Gasteiger partial charge >= 0.3 is 0 Å². The van der Waals surface area contributed by atoms with Crippen LogP contribution < -0.4 is 10.2 Å². The quantitative estimate of drug-likeness (QED) is 0.474. The number of rotatable bonds is 5. The van der Waals surface area contributed by atoms with Gasteiger partial charge in [-0.3, -0.25) is 19.7 Å². The van der Waals surface area contributed by atoms with Gasteiger partial charge in [-0.1, -0.05) is 19.1 Å². The van der Waals surface area contributed by atoms with Gasteiger partial charge in [-0.25, -0.2) is 0 Å². The lowest BCUT2D eigenvalue weighted by molar-refractivity contribution is -0.384. The van der Waals surface area contributed by atoms with Crippen molar-refractivity contribution < 1.29 is 14.5 Å². The van der Waals surface area contributed by atoms with Gasteiger partial charge in [-0.2, -0.15) is 0 Å². The highest BCUT2D eigenvalue weighted by atomic mass is 16.6. The molecule has 0 bridgehead atoms. The normalized spacial score (nSPS) is 14.6. The van der Waals surface area contributed by atoms with Crippen LogP contribution >= 0.6 is 0 Å². The van der Waals surface area contributed by atoms with Crippen molar-refractivity contribution >= 4 is 28.8 Å². The molecule has 0 saturated carbocycles. The summed E-state index contributed by atoms with van der Waals surface area (Å²) in [5.41, 5.74) is 1.79. The smallest absolute Gasteiger partial charge is 0.270 e. The fourth-order valence-electron chi connectivity index (χ4n) is 3.36. The lowest BCUT2D eigenvalue weighted by Gasteiger charge is -2.33. The predicted molar refractivity (Wildman–Crippen MR) is 108 cm³/mol. The Morgan fingerprint density at radius 3 is 2.50 bits per heavy atom. The molecule has 3 rings (SSSR count). The van der Waals surface area contributed by atoms with Crippen molar-refractivity contribution in [3.05, 3.63) is 63.7 Å². The molecular formula is C21H23N3O4. The molecule has 0 unspecified atom stereocenters. The first-order valence-electron chi connectivity index (χ1n) is 9.31. The van der Waals surface area contributed by atoms with Crippen LogP contribution in [-0.4, -0.2) is 29.7 Å². The SMILES string of the molecule is CC(=O)c1cccc(NC(=O)c2cc([N+](=O)[O-])ccc2N2CCC(C)CC2)c1. The van der Waals surface area contributed by atoms with Crippen LogP contribution in [0.1, 0.15) is 47.4 Å². The highest BCUT2D eigenvalue weighted by Crippen LogP contribution is 2.30. The van der Waals surface area contributed by atoms with Crippen molar-refractivity contribution in [1.29, 1.82) is 0 Å². The minimum absolute atomic E-state index is 0.102. The van der Waals surface area contributed by atoms with Crippen LogP contribution in [0.15, 0.2) is 42.5 Å². The first-order chi connectivity index (χ1) is 13.3. The van der Waals surface area contributed by atoms with Gasteiger partial charge in [0.1, 0.15) is 0 Å². The monoisotopic (exact) mass is 381 g/mol. The molecule has 0 atom stereocenters. The number of Topliss-reactive ketones (excluding diaryl/α,β-unsaturated/α-hetero) is 1. The Kier molecular flexibility index (Phi) is 5.73. The number of carbonyl (C=O) groups excluding carboxylic acids is 2. The second-order valence-corrected chi connectivity index (χ2v) is 7.22. The van der Waals surface area contributed by atoms with Gasteiger partial charge in [0.25, 0.3) is 11.6 Å². The largest absolute Gasteiger partial charge is 0.371 e. The molecule has 1 heterocycles. The molecule has 1 amide bonds. The summed E-state index contributed by atoms with van der Waals surface area (Å²) in [6.07, 6.45) is 2.03. The van der Waals surface area contributed by atoms with Crippen molar-refractivity contribution in [1.82, 2.24) is 0 Å². The summed E-state index contributed by atoms with van der Waals surface area (Å²) in [7, 11) is 0. The maximum absolute atomic E-state index is 13.0. The lowest BCUT2D eigenvalue weighted by atomic mass is 9.97. The van der Waals surface area contributed by atoms with E-state index in [-0.39, 0.29) is 17.0 Å². The third kappa shape index (κ3) is 4.36. The number of non-ortho nitro benzene ring substituents is 1. The Bertz CT molecular complexity index is 918. The van der Waals surface area contributed by atoms with Crippen LogP contribution in [-0.2, 0) is 0 Å². The van der Waals surface area contributed by atoms with Gasteiger partial charge < -0.3 is 10.2 Å². The van der Waals surface area contributed by atoms with Crippen molar-refractivity contribution in [2.75, 3.05) is 23.3 Å². The van der Waals surface area contributed by atoms with Crippen LogP contribution in [0.3, 0.4) is 0 Å². The summed E-state index contributed by atoms with van der Waals surface area (Å²) in [6, 6.07) is 11.0. The summed E-state index contributed by atoms with van der Waals surface area (Å²) in [5.74, 6) is 0.0912. The summed E-state index contributed by atoms with van der Waals surface area (Å²) in [5, 5.41) is 14.0. The molecule has 1 fully saturated rings. The topological polar surface area (TPSA) is 92.5 Å². The van der Waals surface area contributed by atoms with Crippen LogP contribution in [0.25, 0.3) is 0 Å². The molecule has 0 radical (unpaired) electrons. The van der Waals surface area contributed by atoms with Gasteiger partial charge in [0.15, 0.2) is 5.78 Å². The number of hydrogen-bond donors (Lipinski definition) is 1. The number of carbonyl (C=O) groups is 2. The summed E-state index contributed by atoms with van der Waals surface area (Å²) < 4.78 is 0. The Morgan fingerprint density at radius 1 is 1.14 bits per heavy atom. The lowest BCUT2D eigenvalue weighted by Crippen LogP contribution is -2.34. The Hall–Kier alpha value is -3.22. The third-order valence-electron chi connectivity index (χ3n) is 5.09. The molecule has 7 nitrogen and oxygen atoms in total. The zero-order chi connectivity index (χ0) is 20.3. The van der Waals surface area contributed by atoms with Crippen LogP contribution in [0.2, 0.25) is 0 Å². The van der Waals surface area contributed by atoms with E-state index in [1.807, 2.05) is 0 Å². The molecule has 1 saturated heterocycles. The van der Waals surface area contributed by atoms with E-state index in [9.17, 15) is 19.7 Å². The summed E-state index contributed by atoms with van der Waals surface area (Å²) >= 11 is 0. The molecule has 0 aromatic heterocycles. The van der Waals surface area contributed by atoms with Gasteiger partial charge in [0, 0.05) is 36.5 Å². The van der Waals surface area contributed by atoms with E-state index in [0.717, 1.165) is 25.9 Å². The van der Waals surface area contributed by atoms with E-state index in [1.165, 1.54) is 19.1 Å². The van der Waals surface area contributed by atoms with Gasteiger partial charge in [0.05, 0.1) is 16.2 Å². The maximum Gasteiger partial charge on any atom is 0.270 e. The standard InChI is InChI=1S/C21H23N3O4/c1-14-8-10-23(11-9-14)20-7-6-18(24(27)28)13-19(20)21(26)22-17-5-3-4-16(12-17)15(2)25/h3-7,12-14H,8-11H2,1-2H3,(H,22,26). The number of benzene rings is 2. The highest BCUT2D eigenvalue weighted by molar-refractivity contribution is 6.09. The summed E-state index contributed by atoms with van der Waals surface area (Å²) in [4.78, 5) is 37.3. The zero-order valence-electron chi connectivity index (χ0n) is 16.0. The van der Waals surface area contributed by atoms with E-state index in [2.05, 4.69) is 17.1 Å². The molecule has 0 spiro atoms. The van der Waals surface area contributed by atoms with Gasteiger partial charge in [0.2, 0.25) is 0 Å². The number of nitro groups is 1. The molecule has 1 N–H and O–H groups in total. The fraction of sp³-hybridized carbons (Fsp3) is 0.333. The second-order valence-electron chi connectivity index (χ2n) is 7.22. The van der Waals surface area contributed by atoms with Crippen molar-refractivity contribution in [2.45, 2.75) is 26.7 Å². The molecule has 2 aromatic carbocycles. The molecular weight excluding hydrogens is 358 g/mol. The van der Waals surface area contributed by atoms with E-state index < -0.39 is 10.8 Å². The number of anilines is 2. The fourth-order valence-corrected chi connectivity index (χ4v) is 3.36. The van der Waals surface area contributed by atoms with Crippen LogP contribution in [0.5, 0.6) is 0 Å². The zero-order valence-corrected chi connectivity index (χ0v) is 16.0. The van der Waals surface area contributed by atoms with Crippen molar-refractivity contribution in [3.63, 3.8) is 0 Å². The van der Waals surface area contributed by atoms with Gasteiger partial charge in [-0.05, 0) is 43.9 Å². The predicted octanol–water partition coefficient (Wildman–Crippen LogP) is 4.29. The first kappa shape index (κ1) is 19.5. The molecule has 1 aliphatic rings. The number of hydrogen-bond acceptors (Lipinski definition) is 5. The second kappa shape index (κ2) is 8.21. The molecule has 28 heavy (non-hydrogen) atoms. The van der Waals surface area contributed by atoms with Crippen molar-refractivity contribution in [3.8, 4) is 0 Å². The minimum atomic E-state index is -0.505. The van der Waals surface area contributed by atoms with E-state index in [1.54, 1.807) is 30.3 Å². The average molecular weight is 381 g/mol. The van der Waals surface area contributed by atoms with E-state index in [4.69, 9.17) is 0 Å². The average Bonchev–Trinajstić information content (AvgIpc) is 2.68. The Balaban J connectivity index is 1.92.